The Bertz CT molecular complexity index is 3670. The van der Waals surface area contributed by atoms with Crippen LogP contribution < -0.4 is 0 Å². The Kier molecular flexibility index (Phi) is 7.82. The first-order valence-corrected chi connectivity index (χ1v) is 23.0. The largest absolute Gasteiger partial charge is 0.309 e. The highest BCUT2D eigenvalue weighted by Gasteiger charge is 2.40. The van der Waals surface area contributed by atoms with Gasteiger partial charge in [0.2, 0.25) is 0 Å². The lowest BCUT2D eigenvalue weighted by molar-refractivity contribution is 0.633. The smallest absolute Gasteiger partial charge is 0.0543 e. The molecule has 0 unspecified atom stereocenters. The van der Waals surface area contributed by atoms with E-state index in [9.17, 15) is 0 Å². The molecule has 11 aromatic rings. The predicted molar refractivity (Wildman–Crippen MR) is 272 cm³/mol. The van der Waals surface area contributed by atoms with E-state index in [1.165, 1.54) is 121 Å². The third-order valence-electron chi connectivity index (χ3n) is 15.6. The van der Waals surface area contributed by atoms with Gasteiger partial charge in [0.05, 0.1) is 16.7 Å². The summed E-state index contributed by atoms with van der Waals surface area (Å²) in [5.74, 6) is 0.285. The Morgan fingerprint density at radius 1 is 0.344 bits per heavy atom. The van der Waals surface area contributed by atoms with Gasteiger partial charge in [-0.15, -0.1) is 0 Å². The minimum Gasteiger partial charge on any atom is -0.309 e. The lowest BCUT2D eigenvalue weighted by Gasteiger charge is -2.29. The van der Waals surface area contributed by atoms with Crippen LogP contribution in [0.2, 0.25) is 0 Å². The molecule has 2 aliphatic carbocycles. The van der Waals surface area contributed by atoms with Crippen LogP contribution in [0.3, 0.4) is 0 Å². The summed E-state index contributed by atoms with van der Waals surface area (Å²) in [6.07, 6.45) is 0. The zero-order valence-corrected chi connectivity index (χ0v) is 37.1. The fourth-order valence-corrected chi connectivity index (χ4v) is 12.4. The van der Waals surface area contributed by atoms with E-state index < -0.39 is 0 Å². The number of benzene rings is 10. The number of para-hydroxylation sites is 2. The molecule has 0 amide bonds. The summed E-state index contributed by atoms with van der Waals surface area (Å²) in [4.78, 5) is 0. The first kappa shape index (κ1) is 37.3. The van der Waals surface area contributed by atoms with Crippen LogP contribution in [-0.2, 0) is 10.8 Å². The van der Waals surface area contributed by atoms with Crippen molar-refractivity contribution in [1.29, 1.82) is 0 Å². The van der Waals surface area contributed by atoms with Gasteiger partial charge in [0.25, 0.3) is 0 Å². The summed E-state index contributed by atoms with van der Waals surface area (Å²) in [6, 6.07) is 73.9. The highest BCUT2D eigenvalue weighted by atomic mass is 15.0. The molecule has 0 saturated carbocycles. The molecule has 1 nitrogen and oxygen atoms in total. The van der Waals surface area contributed by atoms with Crippen LogP contribution in [0, 0.1) is 0 Å². The maximum Gasteiger partial charge on any atom is 0.0543 e. The quantitative estimate of drug-likeness (QED) is 0.152. The second-order valence-corrected chi connectivity index (χ2v) is 19.6. The van der Waals surface area contributed by atoms with Gasteiger partial charge in [-0.3, -0.25) is 0 Å². The van der Waals surface area contributed by atoms with E-state index in [1.54, 1.807) is 0 Å². The molecule has 0 radical (unpaired) electrons. The summed E-state index contributed by atoms with van der Waals surface area (Å²) in [6.45, 7) is 12.1. The van der Waals surface area contributed by atoms with Crippen molar-refractivity contribution in [1.82, 2.24) is 4.57 Å². The zero-order valence-electron chi connectivity index (χ0n) is 37.1. The number of aromatic nitrogens is 1. The Labute approximate surface area is 375 Å². The number of rotatable bonds is 5. The van der Waals surface area contributed by atoms with Crippen molar-refractivity contribution in [2.45, 2.75) is 57.3 Å². The molecule has 2 aliphatic rings. The van der Waals surface area contributed by atoms with Gasteiger partial charge in [-0.05, 0) is 118 Å². The van der Waals surface area contributed by atoms with Crippen LogP contribution >= 0.6 is 0 Å². The zero-order chi connectivity index (χ0) is 43.1. The van der Waals surface area contributed by atoms with Crippen LogP contribution in [0.5, 0.6) is 0 Å². The Morgan fingerprint density at radius 3 is 1.48 bits per heavy atom. The molecule has 0 aliphatic heterocycles. The third-order valence-corrected chi connectivity index (χ3v) is 15.6. The van der Waals surface area contributed by atoms with Gasteiger partial charge in [-0.2, -0.15) is 0 Å². The van der Waals surface area contributed by atoms with Crippen LogP contribution in [-0.4, -0.2) is 4.57 Å². The van der Waals surface area contributed by atoms with E-state index >= 15 is 0 Å². The van der Waals surface area contributed by atoms with Gasteiger partial charge in [0.15, 0.2) is 0 Å². The average Bonchev–Trinajstić information content (AvgIpc) is 3.88. The van der Waals surface area contributed by atoms with Crippen molar-refractivity contribution < 1.29 is 0 Å². The lowest BCUT2D eigenvalue weighted by Crippen LogP contribution is -2.17. The van der Waals surface area contributed by atoms with Gasteiger partial charge in [0, 0.05) is 33.1 Å². The average molecular weight is 820 g/mol. The van der Waals surface area contributed by atoms with E-state index in [4.69, 9.17) is 0 Å². The van der Waals surface area contributed by atoms with E-state index in [0.717, 1.165) is 0 Å². The Balaban J connectivity index is 1.00. The maximum atomic E-state index is 2.57. The fourth-order valence-electron chi connectivity index (χ4n) is 12.4. The van der Waals surface area contributed by atoms with Crippen molar-refractivity contribution in [2.24, 2.45) is 0 Å². The molecule has 13 rings (SSSR count). The maximum absolute atomic E-state index is 2.57. The van der Waals surface area contributed by atoms with Crippen LogP contribution in [0.15, 0.2) is 194 Å². The van der Waals surface area contributed by atoms with E-state index in [0.29, 0.717) is 0 Å². The number of nitrogens with zero attached hydrogens (tertiary/aromatic N) is 1. The molecule has 1 aromatic heterocycles. The molecule has 0 saturated heterocycles. The fraction of sp³-hybridized carbons (Fsp3) is 0.143. The van der Waals surface area contributed by atoms with Crippen LogP contribution in [0.25, 0.3) is 82.1 Å². The molecular weight excluding hydrogens is 771 g/mol. The minimum atomic E-state index is -0.184. The van der Waals surface area contributed by atoms with Gasteiger partial charge in [0.1, 0.15) is 0 Å². The minimum absolute atomic E-state index is 0.0916. The van der Waals surface area contributed by atoms with Crippen molar-refractivity contribution in [3.63, 3.8) is 0 Å². The molecule has 306 valence electrons. The SMILES string of the molecule is C[C@@H](c1ccc2c(c1)C(C)(C)c1cccc(-n3c4ccccc4c4ccccc43)c1-2)[C@H](c1ccc2c(c1)C(C)(C)c1ccccc1-2)c1ccc2c3ccccc3c3ccccc3c2c1. The van der Waals surface area contributed by atoms with E-state index in [2.05, 4.69) is 233 Å². The Hall–Kier alpha value is -7.22. The van der Waals surface area contributed by atoms with E-state index in [-0.39, 0.29) is 22.7 Å². The molecule has 1 heteroatoms. The molecule has 0 N–H and O–H groups in total. The van der Waals surface area contributed by atoms with Gasteiger partial charge in [-0.25, -0.2) is 0 Å². The molecule has 0 spiro atoms. The number of hydrogen-bond donors (Lipinski definition) is 0. The molecule has 64 heavy (non-hydrogen) atoms. The predicted octanol–water partition coefficient (Wildman–Crippen LogP) is 16.8. The van der Waals surface area contributed by atoms with Gasteiger partial charge in [-0.1, -0.05) is 204 Å². The molecule has 1 heterocycles. The van der Waals surface area contributed by atoms with Crippen LogP contribution in [0.4, 0.5) is 0 Å². The topological polar surface area (TPSA) is 4.93 Å². The Morgan fingerprint density at radius 2 is 0.797 bits per heavy atom. The van der Waals surface area contributed by atoms with Crippen molar-refractivity contribution >= 4 is 54.1 Å². The van der Waals surface area contributed by atoms with Crippen LogP contribution in [0.1, 0.15) is 85.4 Å². The highest BCUT2D eigenvalue weighted by molar-refractivity contribution is 6.25. The molecule has 0 bridgehead atoms. The van der Waals surface area contributed by atoms with Gasteiger partial charge >= 0.3 is 0 Å². The van der Waals surface area contributed by atoms with E-state index in [1.807, 2.05) is 0 Å². The highest BCUT2D eigenvalue weighted by Crippen LogP contribution is 2.55. The molecule has 10 aromatic carbocycles. The first-order chi connectivity index (χ1) is 31.2. The lowest BCUT2D eigenvalue weighted by atomic mass is 9.74. The number of fused-ring (bicyclic) bond motifs is 15. The summed E-state index contributed by atoms with van der Waals surface area (Å²) in [5, 5.41) is 10.5. The molecule has 2 atom stereocenters. The third kappa shape index (κ3) is 5.07. The summed E-state index contributed by atoms with van der Waals surface area (Å²) < 4.78 is 2.50. The first-order valence-electron chi connectivity index (χ1n) is 23.0. The molecule has 0 fully saturated rings. The standard InChI is InChI=1S/C63H49N/c1-38(39-29-34-51-56(36-39)63(4,5)54-25-16-28-59(61(51)54)64-57-26-14-11-22-49(57)50-23-12-15-27-58(50)64)60(41-31-33-48-47-21-10-13-24-53(47)62(2,3)55(48)37-41)40-30-32-46-44-19-7-6-17-42(44)43-18-8-9-20-45(43)52(46)35-40/h6-38,60H,1-5H3/t38-,60-/m0/s1. The van der Waals surface area contributed by atoms with Gasteiger partial charge < -0.3 is 4.57 Å². The monoisotopic (exact) mass is 819 g/mol. The molecular formula is C63H49N. The van der Waals surface area contributed by atoms with Crippen molar-refractivity contribution in [2.75, 3.05) is 0 Å². The summed E-state index contributed by atoms with van der Waals surface area (Å²) in [7, 11) is 0. The van der Waals surface area contributed by atoms with Crippen molar-refractivity contribution in [3.8, 4) is 27.9 Å². The normalized spacial score (nSPS) is 15.4. The second kappa shape index (κ2) is 13.4. The van der Waals surface area contributed by atoms with Crippen molar-refractivity contribution in [3.05, 3.63) is 233 Å². The summed E-state index contributed by atoms with van der Waals surface area (Å²) in [5.41, 5.74) is 18.6. The summed E-state index contributed by atoms with van der Waals surface area (Å²) >= 11 is 0. The second-order valence-electron chi connectivity index (χ2n) is 19.6. The number of hydrogen-bond acceptors (Lipinski definition) is 0.